The van der Waals surface area contributed by atoms with Crippen LogP contribution >= 0.6 is 0 Å². The fourth-order valence-electron chi connectivity index (χ4n) is 1.55. The van der Waals surface area contributed by atoms with Crippen molar-refractivity contribution in [2.24, 2.45) is 0 Å². The van der Waals surface area contributed by atoms with E-state index in [1.54, 1.807) is 25.1 Å². The molecule has 1 unspecified atom stereocenters. The van der Waals surface area contributed by atoms with Crippen LogP contribution in [0.25, 0.3) is 0 Å². The summed E-state index contributed by atoms with van der Waals surface area (Å²) in [6.45, 7) is 1.57. The molecule has 0 aliphatic heterocycles. The largest absolute Gasteiger partial charge is 0.463 e. The fourth-order valence-corrected chi connectivity index (χ4v) is 1.55. The third kappa shape index (κ3) is 2.44. The van der Waals surface area contributed by atoms with Crippen molar-refractivity contribution >= 4 is 5.97 Å². The molecule has 94 valence electrons. The number of rotatable bonds is 5. The summed E-state index contributed by atoms with van der Waals surface area (Å²) in [5.74, 6) is -1.08. The van der Waals surface area contributed by atoms with Crippen molar-refractivity contribution in [3.05, 3.63) is 35.9 Å². The van der Waals surface area contributed by atoms with Crippen LogP contribution in [0, 0.1) is 0 Å². The van der Waals surface area contributed by atoms with Gasteiger partial charge < -0.3 is 9.47 Å². The van der Waals surface area contributed by atoms with Crippen LogP contribution in [-0.4, -0.2) is 26.1 Å². The van der Waals surface area contributed by atoms with Crippen molar-refractivity contribution in [3.8, 4) is 0 Å². The van der Waals surface area contributed by atoms with Crippen molar-refractivity contribution in [2.45, 2.75) is 19.0 Å². The van der Waals surface area contributed by atoms with Crippen molar-refractivity contribution in [1.82, 2.24) is 0 Å². The van der Waals surface area contributed by atoms with Gasteiger partial charge in [0.25, 0.3) is 12.0 Å². The molecule has 0 bridgehead atoms. The van der Waals surface area contributed by atoms with Crippen molar-refractivity contribution in [3.63, 3.8) is 0 Å². The molecule has 0 aromatic heterocycles. The minimum atomic E-state index is -3.01. The molecule has 3 nitrogen and oxygen atoms in total. The highest BCUT2D eigenvalue weighted by Gasteiger charge is 2.51. The molecule has 0 amide bonds. The zero-order valence-corrected chi connectivity index (χ0v) is 9.65. The SMILES string of the molecule is CCOC(=O)C(OC)(c1ccccc1)C(F)F. The predicted molar refractivity (Wildman–Crippen MR) is 57.8 cm³/mol. The molecule has 17 heavy (non-hydrogen) atoms. The molecule has 0 fully saturated rings. The standard InChI is InChI=1S/C12H14F2O3/c1-3-17-11(15)12(16-2,10(13)14)9-7-5-4-6-8-9/h4-8,10H,3H2,1-2H3. The number of alkyl halides is 2. The molecule has 0 aliphatic carbocycles. The average molecular weight is 244 g/mol. The van der Waals surface area contributed by atoms with Crippen molar-refractivity contribution in [1.29, 1.82) is 0 Å². The normalized spacial score (nSPS) is 14.4. The van der Waals surface area contributed by atoms with Crippen LogP contribution in [0.15, 0.2) is 30.3 Å². The second-order valence-corrected chi connectivity index (χ2v) is 3.33. The Labute approximate surface area is 98.3 Å². The molecule has 0 heterocycles. The lowest BCUT2D eigenvalue weighted by Gasteiger charge is -2.29. The molecule has 0 N–H and O–H groups in total. The number of hydrogen-bond donors (Lipinski definition) is 0. The van der Waals surface area contributed by atoms with Gasteiger partial charge in [-0.15, -0.1) is 0 Å². The van der Waals surface area contributed by atoms with E-state index in [2.05, 4.69) is 4.74 Å². The summed E-state index contributed by atoms with van der Waals surface area (Å²) in [5.41, 5.74) is -2.27. The van der Waals surface area contributed by atoms with Crippen molar-refractivity contribution < 1.29 is 23.0 Å². The smallest absolute Gasteiger partial charge is 0.349 e. The van der Waals surface area contributed by atoms with E-state index in [1.807, 2.05) is 0 Å². The van der Waals surface area contributed by atoms with Gasteiger partial charge in [-0.25, -0.2) is 13.6 Å². The Morgan fingerprint density at radius 1 is 1.35 bits per heavy atom. The minimum Gasteiger partial charge on any atom is -0.463 e. The van der Waals surface area contributed by atoms with E-state index in [0.29, 0.717) is 0 Å². The lowest BCUT2D eigenvalue weighted by molar-refractivity contribution is -0.191. The Hall–Kier alpha value is -1.49. The maximum absolute atomic E-state index is 13.2. The van der Waals surface area contributed by atoms with Crippen LogP contribution < -0.4 is 0 Å². The van der Waals surface area contributed by atoms with Crippen LogP contribution in [-0.2, 0) is 19.9 Å². The second-order valence-electron chi connectivity index (χ2n) is 3.33. The van der Waals surface area contributed by atoms with Crippen LogP contribution in [0.1, 0.15) is 12.5 Å². The van der Waals surface area contributed by atoms with E-state index in [-0.39, 0.29) is 12.2 Å². The topological polar surface area (TPSA) is 35.5 Å². The van der Waals surface area contributed by atoms with Crippen LogP contribution in [0.3, 0.4) is 0 Å². The van der Waals surface area contributed by atoms with Crippen LogP contribution in [0.5, 0.6) is 0 Å². The lowest BCUT2D eigenvalue weighted by atomic mass is 9.94. The maximum atomic E-state index is 13.2. The van der Waals surface area contributed by atoms with E-state index in [4.69, 9.17) is 4.74 Å². The molecule has 0 aliphatic rings. The highest BCUT2D eigenvalue weighted by molar-refractivity contribution is 5.82. The van der Waals surface area contributed by atoms with E-state index in [9.17, 15) is 13.6 Å². The van der Waals surface area contributed by atoms with Gasteiger partial charge in [-0.2, -0.15) is 0 Å². The minimum absolute atomic E-state index is 0.0174. The van der Waals surface area contributed by atoms with E-state index in [1.165, 1.54) is 12.1 Å². The van der Waals surface area contributed by atoms with E-state index in [0.717, 1.165) is 7.11 Å². The predicted octanol–water partition coefficient (Wildman–Crippen LogP) is 2.36. The maximum Gasteiger partial charge on any atom is 0.349 e. The first-order chi connectivity index (χ1) is 8.09. The Morgan fingerprint density at radius 3 is 2.35 bits per heavy atom. The molecule has 1 rings (SSSR count). The molecule has 1 aromatic rings. The second kappa shape index (κ2) is 5.72. The van der Waals surface area contributed by atoms with Gasteiger partial charge >= 0.3 is 5.97 Å². The number of ether oxygens (including phenoxy) is 2. The summed E-state index contributed by atoms with van der Waals surface area (Å²) in [7, 11) is 1.07. The Balaban J connectivity index is 3.23. The monoisotopic (exact) mass is 244 g/mol. The molecular formula is C12H14F2O3. The van der Waals surface area contributed by atoms with Crippen LogP contribution in [0.4, 0.5) is 8.78 Å². The Kier molecular flexibility index (Phi) is 4.57. The Bertz CT molecular complexity index is 367. The molecule has 0 saturated carbocycles. The quantitative estimate of drug-likeness (QED) is 0.746. The highest BCUT2D eigenvalue weighted by Crippen LogP contribution is 2.33. The number of methoxy groups -OCH3 is 1. The van der Waals surface area contributed by atoms with Gasteiger partial charge in [0.2, 0.25) is 0 Å². The van der Waals surface area contributed by atoms with Gasteiger partial charge in [-0.1, -0.05) is 30.3 Å². The lowest BCUT2D eigenvalue weighted by Crippen LogP contribution is -2.45. The molecule has 0 radical (unpaired) electrons. The number of carbonyl (C=O) groups is 1. The zero-order chi connectivity index (χ0) is 12.9. The third-order valence-electron chi connectivity index (χ3n) is 2.41. The summed E-state index contributed by atoms with van der Waals surface area (Å²) >= 11 is 0. The first-order valence-corrected chi connectivity index (χ1v) is 5.15. The summed E-state index contributed by atoms with van der Waals surface area (Å²) in [6, 6.07) is 7.61. The number of halogens is 2. The molecular weight excluding hydrogens is 230 g/mol. The summed E-state index contributed by atoms with van der Waals surface area (Å²) in [6.07, 6.45) is -3.01. The van der Waals surface area contributed by atoms with E-state index < -0.39 is 18.0 Å². The summed E-state index contributed by atoms with van der Waals surface area (Å²) < 4.78 is 35.8. The zero-order valence-electron chi connectivity index (χ0n) is 9.65. The molecule has 0 spiro atoms. The van der Waals surface area contributed by atoms with E-state index >= 15 is 0 Å². The molecule has 1 atom stereocenters. The first kappa shape index (κ1) is 13.6. The number of hydrogen-bond acceptors (Lipinski definition) is 3. The fraction of sp³-hybridized carbons (Fsp3) is 0.417. The van der Waals surface area contributed by atoms with Gasteiger partial charge in [0, 0.05) is 12.7 Å². The number of benzene rings is 1. The number of carbonyl (C=O) groups excluding carboxylic acids is 1. The van der Waals surface area contributed by atoms with Crippen LogP contribution in [0.2, 0.25) is 0 Å². The van der Waals surface area contributed by atoms with Gasteiger partial charge in [0.15, 0.2) is 0 Å². The Morgan fingerprint density at radius 2 is 1.94 bits per heavy atom. The molecule has 1 aromatic carbocycles. The van der Waals surface area contributed by atoms with Gasteiger partial charge in [0.05, 0.1) is 6.61 Å². The van der Waals surface area contributed by atoms with Gasteiger partial charge in [-0.05, 0) is 6.92 Å². The average Bonchev–Trinajstić information content (AvgIpc) is 2.32. The number of esters is 1. The third-order valence-corrected chi connectivity index (χ3v) is 2.41. The van der Waals surface area contributed by atoms with Gasteiger partial charge in [-0.3, -0.25) is 0 Å². The van der Waals surface area contributed by atoms with Crippen molar-refractivity contribution in [2.75, 3.05) is 13.7 Å². The molecule has 5 heteroatoms. The molecule has 0 saturated heterocycles. The van der Waals surface area contributed by atoms with Gasteiger partial charge in [0.1, 0.15) is 0 Å². The summed E-state index contributed by atoms with van der Waals surface area (Å²) in [5, 5.41) is 0. The summed E-state index contributed by atoms with van der Waals surface area (Å²) in [4.78, 5) is 11.7. The highest BCUT2D eigenvalue weighted by atomic mass is 19.3. The first-order valence-electron chi connectivity index (χ1n) is 5.15.